The number of hydrogen-bond donors (Lipinski definition) is 2. The van der Waals surface area contributed by atoms with Crippen molar-refractivity contribution in [2.75, 3.05) is 20.8 Å². The number of methoxy groups -OCH3 is 2. The molecule has 0 saturated heterocycles. The van der Waals surface area contributed by atoms with Crippen molar-refractivity contribution >= 4 is 11.9 Å². The molecule has 0 aromatic heterocycles. The Morgan fingerprint density at radius 3 is 2.32 bits per heavy atom. The van der Waals surface area contributed by atoms with Crippen LogP contribution in [0.15, 0.2) is 48.5 Å². The lowest BCUT2D eigenvalue weighted by Gasteiger charge is -2.15. The van der Waals surface area contributed by atoms with Crippen molar-refractivity contribution in [3.8, 4) is 11.5 Å². The highest BCUT2D eigenvalue weighted by Crippen LogP contribution is 2.21. The molecule has 0 aliphatic rings. The predicted octanol–water partition coefficient (Wildman–Crippen LogP) is 2.38. The van der Waals surface area contributed by atoms with Crippen LogP contribution in [0.5, 0.6) is 11.5 Å². The van der Waals surface area contributed by atoms with Gasteiger partial charge in [0.1, 0.15) is 11.5 Å². The second kappa shape index (κ2) is 8.73. The van der Waals surface area contributed by atoms with Gasteiger partial charge in [0, 0.05) is 12.1 Å². The number of rotatable bonds is 8. The van der Waals surface area contributed by atoms with Crippen molar-refractivity contribution < 1.29 is 24.2 Å². The second-order valence-electron chi connectivity index (χ2n) is 5.49. The van der Waals surface area contributed by atoms with Gasteiger partial charge >= 0.3 is 5.97 Å². The first-order valence-electron chi connectivity index (χ1n) is 7.82. The van der Waals surface area contributed by atoms with Crippen molar-refractivity contribution in [3.63, 3.8) is 0 Å². The quantitative estimate of drug-likeness (QED) is 0.769. The minimum absolute atomic E-state index is 0.0260. The summed E-state index contributed by atoms with van der Waals surface area (Å²) >= 11 is 0. The summed E-state index contributed by atoms with van der Waals surface area (Å²) in [6.07, 6.45) is 0.266. The Balaban J connectivity index is 2.01. The van der Waals surface area contributed by atoms with E-state index in [4.69, 9.17) is 9.47 Å². The van der Waals surface area contributed by atoms with Gasteiger partial charge in [0.25, 0.3) is 5.91 Å². The first kappa shape index (κ1) is 18.3. The van der Waals surface area contributed by atoms with Gasteiger partial charge in [-0.05, 0) is 42.3 Å². The van der Waals surface area contributed by atoms with Gasteiger partial charge in [-0.1, -0.05) is 18.2 Å². The molecule has 0 heterocycles. The van der Waals surface area contributed by atoms with Crippen molar-refractivity contribution in [2.24, 2.45) is 5.92 Å². The number of hydrogen-bond acceptors (Lipinski definition) is 4. The van der Waals surface area contributed by atoms with E-state index in [1.54, 1.807) is 44.6 Å². The molecule has 2 aromatic carbocycles. The minimum Gasteiger partial charge on any atom is -0.497 e. The number of aliphatic carboxylic acids is 1. The van der Waals surface area contributed by atoms with Gasteiger partial charge < -0.3 is 19.9 Å². The summed E-state index contributed by atoms with van der Waals surface area (Å²) in [5, 5.41) is 12.1. The fraction of sp³-hybridized carbons (Fsp3) is 0.263. The van der Waals surface area contributed by atoms with Gasteiger partial charge in [0.15, 0.2) is 0 Å². The molecule has 0 bridgehead atoms. The summed E-state index contributed by atoms with van der Waals surface area (Å²) < 4.78 is 10.3. The van der Waals surface area contributed by atoms with Crippen molar-refractivity contribution in [3.05, 3.63) is 59.7 Å². The number of carboxylic acid groups (broad SMARTS) is 1. The van der Waals surface area contributed by atoms with Gasteiger partial charge in [0.05, 0.1) is 20.1 Å². The third-order valence-electron chi connectivity index (χ3n) is 3.87. The molecule has 0 saturated carbocycles. The molecular weight excluding hydrogens is 322 g/mol. The Morgan fingerprint density at radius 2 is 1.72 bits per heavy atom. The zero-order valence-electron chi connectivity index (χ0n) is 14.2. The molecule has 1 atom stereocenters. The van der Waals surface area contributed by atoms with Crippen LogP contribution >= 0.6 is 0 Å². The van der Waals surface area contributed by atoms with Crippen molar-refractivity contribution in [1.29, 1.82) is 0 Å². The van der Waals surface area contributed by atoms with Crippen LogP contribution in [-0.4, -0.2) is 37.7 Å². The molecule has 2 aromatic rings. The molecule has 6 heteroatoms. The lowest BCUT2D eigenvalue weighted by atomic mass is 9.98. The van der Waals surface area contributed by atoms with Crippen LogP contribution in [0.25, 0.3) is 0 Å². The van der Waals surface area contributed by atoms with E-state index in [2.05, 4.69) is 5.32 Å². The van der Waals surface area contributed by atoms with E-state index < -0.39 is 11.9 Å². The van der Waals surface area contributed by atoms with E-state index in [0.29, 0.717) is 17.1 Å². The minimum atomic E-state index is -0.971. The van der Waals surface area contributed by atoms with E-state index >= 15 is 0 Å². The number of carboxylic acids is 1. The molecule has 25 heavy (non-hydrogen) atoms. The predicted molar refractivity (Wildman–Crippen MR) is 93.2 cm³/mol. The largest absolute Gasteiger partial charge is 0.497 e. The van der Waals surface area contributed by atoms with E-state index in [0.717, 1.165) is 5.56 Å². The number of benzene rings is 2. The number of carbonyl (C=O) groups excluding carboxylic acids is 1. The highest BCUT2D eigenvalue weighted by atomic mass is 16.5. The Hall–Kier alpha value is -3.02. The molecule has 0 spiro atoms. The van der Waals surface area contributed by atoms with Crippen LogP contribution in [0.1, 0.15) is 15.9 Å². The lowest BCUT2D eigenvalue weighted by molar-refractivity contribution is -0.141. The SMILES string of the molecule is COc1ccc(C(=O)NCC(Cc2ccccc2OC)C(=O)O)cc1. The van der Waals surface area contributed by atoms with Crippen LogP contribution in [0.3, 0.4) is 0 Å². The van der Waals surface area contributed by atoms with E-state index in [1.807, 2.05) is 18.2 Å². The molecule has 2 N–H and O–H groups in total. The summed E-state index contributed by atoms with van der Waals surface area (Å²) in [7, 11) is 3.09. The summed E-state index contributed by atoms with van der Waals surface area (Å²) in [5.41, 5.74) is 1.23. The maximum absolute atomic E-state index is 12.2. The van der Waals surface area contributed by atoms with E-state index in [1.165, 1.54) is 0 Å². The van der Waals surface area contributed by atoms with Gasteiger partial charge in [-0.25, -0.2) is 0 Å². The Bertz CT molecular complexity index is 727. The molecule has 0 radical (unpaired) electrons. The highest BCUT2D eigenvalue weighted by molar-refractivity contribution is 5.94. The average molecular weight is 343 g/mol. The Kier molecular flexibility index (Phi) is 6.39. The molecule has 0 aliphatic heterocycles. The lowest BCUT2D eigenvalue weighted by Crippen LogP contribution is -2.34. The van der Waals surface area contributed by atoms with Crippen LogP contribution in [-0.2, 0) is 11.2 Å². The highest BCUT2D eigenvalue weighted by Gasteiger charge is 2.21. The summed E-state index contributed by atoms with van der Waals surface area (Å²) in [4.78, 5) is 23.7. The molecule has 1 unspecified atom stereocenters. The van der Waals surface area contributed by atoms with Gasteiger partial charge in [-0.15, -0.1) is 0 Å². The maximum atomic E-state index is 12.2. The van der Waals surface area contributed by atoms with Gasteiger partial charge in [0.2, 0.25) is 0 Å². The number of nitrogens with one attached hydrogen (secondary N) is 1. The van der Waals surface area contributed by atoms with E-state index in [9.17, 15) is 14.7 Å². The standard InChI is InChI=1S/C19H21NO5/c1-24-16-9-7-13(8-10-16)18(21)20-12-15(19(22)23)11-14-5-3-4-6-17(14)25-2/h3-10,15H,11-12H2,1-2H3,(H,20,21)(H,22,23). The van der Waals surface area contributed by atoms with Crippen LogP contribution in [0.4, 0.5) is 0 Å². The zero-order valence-corrected chi connectivity index (χ0v) is 14.2. The molecule has 2 rings (SSSR count). The third-order valence-corrected chi connectivity index (χ3v) is 3.87. The molecular formula is C19H21NO5. The molecule has 0 fully saturated rings. The summed E-state index contributed by atoms with van der Waals surface area (Å²) in [6.45, 7) is 0.0260. The first-order chi connectivity index (χ1) is 12.0. The average Bonchev–Trinajstić information content (AvgIpc) is 2.64. The first-order valence-corrected chi connectivity index (χ1v) is 7.82. The number of amides is 1. The molecule has 0 aliphatic carbocycles. The van der Waals surface area contributed by atoms with Crippen LogP contribution in [0, 0.1) is 5.92 Å². The second-order valence-corrected chi connectivity index (χ2v) is 5.49. The van der Waals surface area contributed by atoms with Crippen molar-refractivity contribution in [1.82, 2.24) is 5.32 Å². The smallest absolute Gasteiger partial charge is 0.308 e. The number of carbonyl (C=O) groups is 2. The monoisotopic (exact) mass is 343 g/mol. The van der Waals surface area contributed by atoms with Gasteiger partial charge in [-0.3, -0.25) is 9.59 Å². The number of ether oxygens (including phenoxy) is 2. The molecule has 132 valence electrons. The Labute approximate surface area is 146 Å². The topological polar surface area (TPSA) is 84.9 Å². The number of para-hydroxylation sites is 1. The molecule has 1 amide bonds. The summed E-state index contributed by atoms with van der Waals surface area (Å²) in [6, 6.07) is 13.9. The fourth-order valence-electron chi connectivity index (χ4n) is 2.44. The van der Waals surface area contributed by atoms with Crippen LogP contribution in [0.2, 0.25) is 0 Å². The Morgan fingerprint density at radius 1 is 1.04 bits per heavy atom. The summed E-state index contributed by atoms with van der Waals surface area (Å²) in [5.74, 6) is -0.764. The third kappa shape index (κ3) is 4.97. The zero-order chi connectivity index (χ0) is 18.2. The van der Waals surface area contributed by atoms with Crippen molar-refractivity contribution in [2.45, 2.75) is 6.42 Å². The van der Waals surface area contributed by atoms with Gasteiger partial charge in [-0.2, -0.15) is 0 Å². The normalized spacial score (nSPS) is 11.4. The maximum Gasteiger partial charge on any atom is 0.308 e. The molecule has 6 nitrogen and oxygen atoms in total. The fourth-order valence-corrected chi connectivity index (χ4v) is 2.44. The van der Waals surface area contributed by atoms with E-state index in [-0.39, 0.29) is 18.9 Å². The van der Waals surface area contributed by atoms with Crippen LogP contribution < -0.4 is 14.8 Å².